The average Bonchev–Trinajstić information content (AvgIpc) is 3.97. The summed E-state index contributed by atoms with van der Waals surface area (Å²) in [7, 11) is 0. The summed E-state index contributed by atoms with van der Waals surface area (Å²) in [6.07, 6.45) is 6.11. The van der Waals surface area contributed by atoms with E-state index in [0.717, 1.165) is 108 Å². The molecule has 0 spiro atoms. The van der Waals surface area contributed by atoms with Crippen LogP contribution in [0, 0.1) is 12.8 Å². The lowest BCUT2D eigenvalue weighted by molar-refractivity contribution is -0.120. The smallest absolute Gasteiger partial charge is 0.335 e. The van der Waals surface area contributed by atoms with Crippen molar-refractivity contribution >= 4 is 51.8 Å². The van der Waals surface area contributed by atoms with Crippen molar-refractivity contribution in [2.75, 3.05) is 60.5 Å². The van der Waals surface area contributed by atoms with Crippen LogP contribution in [-0.4, -0.2) is 110 Å². The Balaban J connectivity index is 0.792. The molecule has 0 saturated carbocycles. The molecular weight excluding hydrogens is 809 g/mol. The Kier molecular flexibility index (Phi) is 11.5. The number of hydrogen-bond acceptors (Lipinski definition) is 12. The topological polar surface area (TPSA) is 182 Å². The van der Waals surface area contributed by atoms with Gasteiger partial charge in [0, 0.05) is 109 Å². The van der Waals surface area contributed by atoms with Gasteiger partial charge in [0.05, 0.1) is 5.69 Å². The highest BCUT2D eigenvalue weighted by Gasteiger charge is 2.29. The molecule has 9 rings (SSSR count). The van der Waals surface area contributed by atoms with E-state index in [9.17, 15) is 14.4 Å². The van der Waals surface area contributed by atoms with E-state index >= 15 is 0 Å². The van der Waals surface area contributed by atoms with Gasteiger partial charge < -0.3 is 19.3 Å². The first kappa shape index (κ1) is 42.5. The average molecular weight is 863 g/mol. The number of piperazine rings is 1. The molecule has 3 aliphatic rings. The predicted octanol–water partition coefficient (Wildman–Crippen LogP) is 7.20. The number of piperidine rings is 1. The molecule has 4 amide bonds. The predicted molar refractivity (Wildman–Crippen MR) is 247 cm³/mol. The highest BCUT2D eigenvalue weighted by molar-refractivity contribution is 6.09. The molecule has 6 aromatic rings. The highest BCUT2D eigenvalue weighted by atomic mass is 16.5. The Hall–Kier alpha value is -6.81. The Bertz CT molecular complexity index is 2730. The Morgan fingerprint density at radius 1 is 0.906 bits per heavy atom. The second-order valence-electron chi connectivity index (χ2n) is 18.3. The number of aryl methyl sites for hydroxylation is 1. The molecule has 16 nitrogen and oxygen atoms in total. The number of aromatic nitrogens is 6. The Morgan fingerprint density at radius 2 is 1.67 bits per heavy atom. The number of aromatic amines is 1. The number of benzene rings is 2. The molecule has 0 bridgehead atoms. The molecule has 0 radical (unpaired) electrons. The fourth-order valence-electron chi connectivity index (χ4n) is 9.06. The van der Waals surface area contributed by atoms with Gasteiger partial charge in [0.1, 0.15) is 17.8 Å². The van der Waals surface area contributed by atoms with Crippen molar-refractivity contribution in [2.24, 2.45) is 10.9 Å². The van der Waals surface area contributed by atoms with Gasteiger partial charge in [-0.1, -0.05) is 38.1 Å². The van der Waals surface area contributed by atoms with E-state index < -0.39 is 5.91 Å². The van der Waals surface area contributed by atoms with Gasteiger partial charge in [0.2, 0.25) is 5.91 Å². The molecule has 2 aromatic carbocycles. The van der Waals surface area contributed by atoms with Gasteiger partial charge >= 0.3 is 17.8 Å². The molecule has 3 saturated heterocycles. The minimum absolute atomic E-state index is 0.127. The number of pyridine rings is 1. The number of anilines is 3. The van der Waals surface area contributed by atoms with E-state index in [-0.39, 0.29) is 23.2 Å². The molecule has 3 fully saturated rings. The van der Waals surface area contributed by atoms with Crippen LogP contribution in [0.5, 0.6) is 0 Å². The molecule has 330 valence electrons. The number of nitrogens with one attached hydrogen (secondary N) is 2. The maximum Gasteiger partial charge on any atom is 0.335 e. The standard InChI is InChI=1S/C48H54N12O4/c1-29-23-33(7-13-37(29)31(3)52-44(62)45-55-46(56-64-45)48(4,5)6)42-38-24-39(53-43(38)51-28-50-42)34-8-14-40(49-25-34)59-22-21-57(26-30(59)2)27-32-15-18-58(19-16-32)35-9-11-36(12-10-35)60-20-17-41(61)54-47(60)63/h7-14,23-25,28,30,32H,15-22,26-27H2,1-6H3,(H,50,51,53)(H,54,61,63)/t30-/m1/s1. The largest absolute Gasteiger partial charge is 0.372 e. The Morgan fingerprint density at radius 3 is 2.36 bits per heavy atom. The number of fused-ring (bicyclic) bond motifs is 1. The van der Waals surface area contributed by atoms with Gasteiger partial charge in [-0.2, -0.15) is 4.98 Å². The maximum absolute atomic E-state index is 12.9. The monoisotopic (exact) mass is 862 g/mol. The molecule has 0 unspecified atom stereocenters. The summed E-state index contributed by atoms with van der Waals surface area (Å²) in [6.45, 7) is 18.4. The van der Waals surface area contributed by atoms with Gasteiger partial charge in [-0.15, -0.1) is 0 Å². The summed E-state index contributed by atoms with van der Waals surface area (Å²) < 4.78 is 5.21. The van der Waals surface area contributed by atoms with Crippen LogP contribution in [0.25, 0.3) is 33.5 Å². The number of H-pyrrole nitrogens is 1. The number of carbonyl (C=O) groups excluding carboxylic acids is 3. The highest BCUT2D eigenvalue weighted by Crippen LogP contribution is 2.33. The van der Waals surface area contributed by atoms with E-state index in [2.05, 4.69) is 87.4 Å². The molecular formula is C48H54N12O4. The SMILES string of the molecule is CC(=NC(=O)c1nc(C(C)(C)C)no1)c1ccc(-c2ncnc3[nH]c(-c4ccc(N5CCN(CC6CCN(c7ccc(N8CCC(=O)NC8=O)cc7)CC6)C[C@H]5C)nc4)cc23)cc1C. The summed E-state index contributed by atoms with van der Waals surface area (Å²) >= 11 is 0. The molecule has 64 heavy (non-hydrogen) atoms. The molecule has 7 heterocycles. The molecule has 2 N–H and O–H groups in total. The van der Waals surface area contributed by atoms with Crippen LogP contribution in [0.2, 0.25) is 0 Å². The van der Waals surface area contributed by atoms with Gasteiger partial charge in [0.25, 0.3) is 0 Å². The van der Waals surface area contributed by atoms with Gasteiger partial charge in [-0.05, 0) is 99.2 Å². The molecule has 4 aromatic heterocycles. The summed E-state index contributed by atoms with van der Waals surface area (Å²) in [5.74, 6) is 1.16. The Labute approximate surface area is 372 Å². The summed E-state index contributed by atoms with van der Waals surface area (Å²) in [4.78, 5) is 72.0. The van der Waals surface area contributed by atoms with Gasteiger partial charge in [-0.25, -0.2) is 24.7 Å². The minimum Gasteiger partial charge on any atom is -0.372 e. The first-order valence-electron chi connectivity index (χ1n) is 22.1. The number of amides is 4. The van der Waals surface area contributed by atoms with Gasteiger partial charge in [0.15, 0.2) is 5.82 Å². The summed E-state index contributed by atoms with van der Waals surface area (Å²) in [5, 5.41) is 7.25. The first-order chi connectivity index (χ1) is 30.8. The molecule has 1 atom stereocenters. The van der Waals surface area contributed by atoms with E-state index in [1.54, 1.807) is 18.2 Å². The van der Waals surface area contributed by atoms with Crippen LogP contribution in [-0.2, 0) is 10.2 Å². The van der Waals surface area contributed by atoms with Crippen molar-refractivity contribution in [2.45, 2.75) is 72.3 Å². The lowest BCUT2D eigenvalue weighted by atomic mass is 9.95. The van der Waals surface area contributed by atoms with Crippen LogP contribution in [0.1, 0.15) is 81.5 Å². The quantitative estimate of drug-likeness (QED) is 0.140. The third-order valence-electron chi connectivity index (χ3n) is 12.6. The zero-order valence-corrected chi connectivity index (χ0v) is 37.3. The number of aliphatic imine (C=N–C) groups is 1. The number of hydrogen-bond donors (Lipinski definition) is 2. The van der Waals surface area contributed by atoms with Crippen molar-refractivity contribution in [3.8, 4) is 22.5 Å². The molecule has 0 aliphatic carbocycles. The van der Waals surface area contributed by atoms with Crippen molar-refractivity contribution in [1.82, 2.24) is 40.3 Å². The lowest BCUT2D eigenvalue weighted by Crippen LogP contribution is -2.53. The minimum atomic E-state index is -0.574. The van der Waals surface area contributed by atoms with Gasteiger partial charge in [-0.3, -0.25) is 24.7 Å². The number of imide groups is 1. The normalized spacial score (nSPS) is 18.2. The van der Waals surface area contributed by atoms with E-state index in [0.29, 0.717) is 36.5 Å². The van der Waals surface area contributed by atoms with E-state index in [4.69, 9.17) is 9.51 Å². The third kappa shape index (κ3) is 8.87. The summed E-state index contributed by atoms with van der Waals surface area (Å²) in [5.41, 5.74) is 8.29. The van der Waals surface area contributed by atoms with Crippen LogP contribution in [0.3, 0.4) is 0 Å². The fourth-order valence-corrected chi connectivity index (χ4v) is 9.06. The summed E-state index contributed by atoms with van der Waals surface area (Å²) in [6, 6.07) is 20.4. The van der Waals surface area contributed by atoms with E-state index in [1.807, 2.05) is 64.2 Å². The second-order valence-corrected chi connectivity index (χ2v) is 18.3. The van der Waals surface area contributed by atoms with Crippen LogP contribution >= 0.6 is 0 Å². The van der Waals surface area contributed by atoms with Crippen molar-refractivity contribution in [3.05, 3.63) is 96.0 Å². The van der Waals surface area contributed by atoms with Crippen molar-refractivity contribution < 1.29 is 18.9 Å². The van der Waals surface area contributed by atoms with E-state index in [1.165, 1.54) is 5.69 Å². The first-order valence-corrected chi connectivity index (χ1v) is 22.1. The fraction of sp³-hybridized carbons (Fsp3) is 0.396. The zero-order valence-electron chi connectivity index (χ0n) is 37.3. The maximum atomic E-state index is 12.9. The number of urea groups is 1. The van der Waals surface area contributed by atoms with Crippen LogP contribution in [0.4, 0.5) is 22.0 Å². The van der Waals surface area contributed by atoms with Crippen molar-refractivity contribution in [1.29, 1.82) is 0 Å². The van der Waals surface area contributed by atoms with Crippen molar-refractivity contribution in [3.63, 3.8) is 0 Å². The van der Waals surface area contributed by atoms with Crippen LogP contribution in [0.15, 0.2) is 82.7 Å². The molecule has 3 aliphatic heterocycles. The zero-order chi connectivity index (χ0) is 44.7. The number of carbonyl (C=O) groups is 3. The molecule has 16 heteroatoms. The second kappa shape index (κ2) is 17.4. The number of nitrogens with zero attached hydrogens (tertiary/aromatic N) is 10. The van der Waals surface area contributed by atoms with Crippen LogP contribution < -0.4 is 20.0 Å². The third-order valence-corrected chi connectivity index (χ3v) is 12.6. The lowest BCUT2D eigenvalue weighted by Gasteiger charge is -2.43. The number of rotatable bonds is 9.